The van der Waals surface area contributed by atoms with Crippen LogP contribution in [-0.2, 0) is 43.8 Å². The second kappa shape index (κ2) is 15.7. The van der Waals surface area contributed by atoms with Gasteiger partial charge in [-0.1, -0.05) is 0 Å². The van der Waals surface area contributed by atoms with E-state index in [1.165, 1.54) is 11.1 Å². The minimum absolute atomic E-state index is 0.0307. The second-order valence-electron chi connectivity index (χ2n) is 12.4. The van der Waals surface area contributed by atoms with E-state index in [1.54, 1.807) is 28.4 Å². The Labute approximate surface area is 287 Å². The van der Waals surface area contributed by atoms with Gasteiger partial charge in [-0.15, -0.1) is 0 Å². The number of hydrogen-bond acceptors (Lipinski definition) is 10. The van der Waals surface area contributed by atoms with E-state index in [2.05, 4.69) is 12.1 Å². The van der Waals surface area contributed by atoms with Gasteiger partial charge in [0.15, 0.2) is 34.9 Å². The molecule has 0 radical (unpaired) electrons. The molecular weight excluding hydrogens is 660 g/mol. The van der Waals surface area contributed by atoms with Crippen molar-refractivity contribution in [3.05, 3.63) is 46.5 Å². The number of ether oxygens (including phenoxy) is 6. The average molecular weight is 709 g/mol. The van der Waals surface area contributed by atoms with E-state index in [9.17, 15) is 0 Å². The molecule has 0 aromatic heterocycles. The van der Waals surface area contributed by atoms with Crippen molar-refractivity contribution < 1.29 is 45.9 Å². The highest BCUT2D eigenvalue weighted by Gasteiger charge is 2.43. The van der Waals surface area contributed by atoms with E-state index in [-0.39, 0.29) is 22.7 Å². The van der Waals surface area contributed by atoms with Gasteiger partial charge in [-0.3, -0.25) is 19.9 Å². The summed E-state index contributed by atoms with van der Waals surface area (Å²) in [5, 5.41) is 15.7. The Morgan fingerprint density at radius 1 is 0.673 bits per heavy atom. The fourth-order valence-electron chi connectivity index (χ4n) is 7.24. The standard InChI is InChI=1S/2C16H23N3O3.H2O4S/c2*1-20-13-7-11-9-19(15(17)18)10-16(3-5-22-6-4-16)12(11)8-14(13)21-2;1-5(2,3)4/h2*7-8H,3-6,9-10H2,1-2H3,(H3,17,18);(H2,1,2,3,4). The lowest BCUT2D eigenvalue weighted by molar-refractivity contribution is 0.0359. The SMILES string of the molecule is COc1cc2c(cc1OC)C1(CCOCC1)CN(C(=N)N)C2.COc1cc2c(cc1OC)C1(CCOCC1)CN(C(=N)N)C2.O=S(=O)(O)O. The largest absolute Gasteiger partial charge is 0.493 e. The molecule has 4 aliphatic rings. The van der Waals surface area contributed by atoms with Gasteiger partial charge in [-0.25, -0.2) is 0 Å². The maximum absolute atomic E-state index is 8.74. The number of methoxy groups -OCH3 is 4. The van der Waals surface area contributed by atoms with Gasteiger partial charge < -0.3 is 49.7 Å². The zero-order chi connectivity index (χ0) is 36.0. The van der Waals surface area contributed by atoms with Crippen molar-refractivity contribution >= 4 is 22.3 Å². The number of nitrogens with one attached hydrogen (secondary N) is 2. The zero-order valence-electron chi connectivity index (χ0n) is 28.4. The van der Waals surface area contributed by atoms with Gasteiger partial charge in [0.25, 0.3) is 0 Å². The van der Waals surface area contributed by atoms with Crippen LogP contribution < -0.4 is 30.4 Å². The molecule has 2 saturated heterocycles. The van der Waals surface area contributed by atoms with Crippen LogP contribution in [0.3, 0.4) is 0 Å². The van der Waals surface area contributed by atoms with Crippen LogP contribution in [0.2, 0.25) is 0 Å². The molecule has 6 rings (SSSR count). The summed E-state index contributed by atoms with van der Waals surface area (Å²) in [5.41, 5.74) is 16.3. The fraction of sp³-hybridized carbons (Fsp3) is 0.562. The van der Waals surface area contributed by atoms with Crippen LogP contribution in [-0.4, -0.2) is 107 Å². The topological polar surface area (TPSA) is 236 Å². The summed E-state index contributed by atoms with van der Waals surface area (Å²) in [6.07, 6.45) is 3.72. The number of hydrogen-bond donors (Lipinski definition) is 6. The molecule has 2 fully saturated rings. The van der Waals surface area contributed by atoms with E-state index in [4.69, 9.17) is 68.2 Å². The molecule has 2 spiro atoms. The molecule has 0 unspecified atom stereocenters. The first-order valence-corrected chi connectivity index (χ1v) is 17.1. The number of rotatable bonds is 4. The monoisotopic (exact) mass is 708 g/mol. The lowest BCUT2D eigenvalue weighted by atomic mass is 9.70. The van der Waals surface area contributed by atoms with Gasteiger partial charge in [0.05, 0.1) is 28.4 Å². The lowest BCUT2D eigenvalue weighted by Crippen LogP contribution is -2.52. The van der Waals surface area contributed by atoms with E-state index in [0.29, 0.717) is 24.6 Å². The van der Waals surface area contributed by atoms with Crippen LogP contribution in [0.1, 0.15) is 47.9 Å². The number of benzene rings is 2. The number of nitrogens with zero attached hydrogens (tertiary/aromatic N) is 2. The molecule has 0 aliphatic carbocycles. The molecule has 17 heteroatoms. The number of nitrogens with two attached hydrogens (primary N) is 2. The van der Waals surface area contributed by atoms with Crippen LogP contribution >= 0.6 is 0 Å². The van der Waals surface area contributed by atoms with Crippen molar-refractivity contribution in [3.63, 3.8) is 0 Å². The molecule has 2 aromatic rings. The van der Waals surface area contributed by atoms with Gasteiger partial charge in [-0.05, 0) is 72.2 Å². The predicted molar refractivity (Wildman–Crippen MR) is 181 cm³/mol. The smallest absolute Gasteiger partial charge is 0.394 e. The molecule has 0 saturated carbocycles. The summed E-state index contributed by atoms with van der Waals surface area (Å²) in [7, 11) is 1.93. The zero-order valence-corrected chi connectivity index (χ0v) is 29.2. The Hall–Kier alpha value is -4.03. The van der Waals surface area contributed by atoms with Gasteiger partial charge in [0, 0.05) is 63.4 Å². The summed E-state index contributed by atoms with van der Waals surface area (Å²) in [4.78, 5) is 3.86. The van der Waals surface area contributed by atoms with E-state index >= 15 is 0 Å². The van der Waals surface area contributed by atoms with Crippen LogP contribution in [0.5, 0.6) is 23.0 Å². The Bertz CT molecular complexity index is 1500. The van der Waals surface area contributed by atoms with Crippen molar-refractivity contribution in [2.75, 3.05) is 68.0 Å². The minimum atomic E-state index is -4.67. The third-order valence-corrected chi connectivity index (χ3v) is 9.65. The van der Waals surface area contributed by atoms with Gasteiger partial charge in [0.2, 0.25) is 0 Å². The van der Waals surface area contributed by atoms with Crippen molar-refractivity contribution in [1.82, 2.24) is 9.80 Å². The molecule has 0 bridgehead atoms. The molecule has 4 heterocycles. The number of fused-ring (bicyclic) bond motifs is 4. The summed E-state index contributed by atoms with van der Waals surface area (Å²) in [5.74, 6) is 3.17. The molecule has 0 amide bonds. The van der Waals surface area contributed by atoms with Gasteiger partial charge in [0.1, 0.15) is 0 Å². The highest BCUT2D eigenvalue weighted by Crippen LogP contribution is 2.46. The quantitative estimate of drug-likeness (QED) is 0.152. The third kappa shape index (κ3) is 8.77. The summed E-state index contributed by atoms with van der Waals surface area (Å²) < 4.78 is 64.5. The molecule has 16 nitrogen and oxygen atoms in total. The van der Waals surface area contributed by atoms with Crippen LogP contribution in [0, 0.1) is 10.8 Å². The van der Waals surface area contributed by atoms with E-state index in [0.717, 1.165) is 87.8 Å². The predicted octanol–water partition coefficient (Wildman–Crippen LogP) is 2.27. The van der Waals surface area contributed by atoms with Gasteiger partial charge >= 0.3 is 10.4 Å². The van der Waals surface area contributed by atoms with Crippen molar-refractivity contribution in [2.24, 2.45) is 11.5 Å². The Morgan fingerprint density at radius 3 is 1.22 bits per heavy atom. The van der Waals surface area contributed by atoms with Crippen molar-refractivity contribution in [3.8, 4) is 23.0 Å². The first kappa shape index (κ1) is 37.8. The van der Waals surface area contributed by atoms with Crippen molar-refractivity contribution in [2.45, 2.75) is 49.6 Å². The molecular formula is C32H48N6O10S. The average Bonchev–Trinajstić information content (AvgIpc) is 3.07. The molecule has 272 valence electrons. The lowest BCUT2D eigenvalue weighted by Gasteiger charge is -2.46. The van der Waals surface area contributed by atoms with Crippen LogP contribution in [0.25, 0.3) is 0 Å². The van der Waals surface area contributed by atoms with E-state index < -0.39 is 10.4 Å². The highest BCUT2D eigenvalue weighted by molar-refractivity contribution is 7.79. The first-order chi connectivity index (χ1) is 23.2. The Kier molecular flexibility index (Phi) is 12.1. The first-order valence-electron chi connectivity index (χ1n) is 15.7. The van der Waals surface area contributed by atoms with E-state index in [1.807, 2.05) is 21.9 Å². The van der Waals surface area contributed by atoms with Crippen LogP contribution in [0.15, 0.2) is 24.3 Å². The normalized spacial score (nSPS) is 18.8. The summed E-state index contributed by atoms with van der Waals surface area (Å²) in [6, 6.07) is 8.22. The number of guanidine groups is 2. The van der Waals surface area contributed by atoms with Crippen molar-refractivity contribution in [1.29, 1.82) is 10.8 Å². The Morgan fingerprint density at radius 2 is 0.959 bits per heavy atom. The minimum Gasteiger partial charge on any atom is -0.493 e. The van der Waals surface area contributed by atoms with Crippen LogP contribution in [0.4, 0.5) is 0 Å². The molecule has 49 heavy (non-hydrogen) atoms. The Balaban J connectivity index is 0.000000194. The maximum atomic E-state index is 8.74. The third-order valence-electron chi connectivity index (χ3n) is 9.65. The molecule has 0 atom stereocenters. The summed E-state index contributed by atoms with van der Waals surface area (Å²) >= 11 is 0. The summed E-state index contributed by atoms with van der Waals surface area (Å²) in [6.45, 7) is 5.72. The fourth-order valence-corrected chi connectivity index (χ4v) is 7.24. The highest BCUT2D eigenvalue weighted by atomic mass is 32.3. The van der Waals surface area contributed by atoms with Gasteiger partial charge in [-0.2, -0.15) is 8.42 Å². The molecule has 8 N–H and O–H groups in total. The molecule has 4 aliphatic heterocycles. The molecule has 2 aromatic carbocycles. The maximum Gasteiger partial charge on any atom is 0.394 e. The second-order valence-corrected chi connectivity index (χ2v) is 13.3.